The summed E-state index contributed by atoms with van der Waals surface area (Å²) in [6.07, 6.45) is 0. The number of benzene rings is 2. The van der Waals surface area contributed by atoms with Gasteiger partial charge < -0.3 is 4.12 Å². The normalized spacial score (nSPS) is 23.8. The summed E-state index contributed by atoms with van der Waals surface area (Å²) in [6.45, 7) is 0. The Morgan fingerprint density at radius 1 is 0.722 bits per heavy atom. The molecule has 2 aromatic carbocycles. The summed E-state index contributed by atoms with van der Waals surface area (Å²) in [5.74, 6) is 0. The van der Waals surface area contributed by atoms with Gasteiger partial charge in [0, 0.05) is 17.1 Å². The van der Waals surface area contributed by atoms with E-state index in [9.17, 15) is 0 Å². The molecule has 1 saturated heterocycles. The minimum Gasteiger partial charge on any atom is -0.460 e. The first-order chi connectivity index (χ1) is 8.92. The minimum absolute atomic E-state index is 0.0711. The second-order valence-corrected chi connectivity index (χ2v) is 38.3. The topological polar surface area (TPSA) is 9.23 Å². The molecule has 0 bridgehead atoms. The lowest BCUT2D eigenvalue weighted by Crippen LogP contribution is -2.71. The second kappa shape index (κ2) is 5.63. The molecule has 6 heteroatoms. The summed E-state index contributed by atoms with van der Waals surface area (Å²) >= 11 is 0. The van der Waals surface area contributed by atoms with Gasteiger partial charge in [-0.2, -0.15) is 0 Å². The zero-order valence-electron chi connectivity index (χ0n) is 10.5. The van der Waals surface area contributed by atoms with Crippen molar-refractivity contribution in [3.05, 3.63) is 60.7 Å². The Hall–Kier alpha value is -0.516. The Bertz CT molecular complexity index is 457. The maximum absolute atomic E-state index is 6.67. The van der Waals surface area contributed by atoms with Crippen molar-refractivity contribution < 1.29 is 4.12 Å². The molecule has 0 atom stereocenters. The van der Waals surface area contributed by atoms with Crippen LogP contribution in [0.25, 0.3) is 0 Å². The van der Waals surface area contributed by atoms with E-state index in [1.54, 1.807) is 10.4 Å². The lowest BCUT2D eigenvalue weighted by atomic mass is 10.4. The summed E-state index contributed by atoms with van der Waals surface area (Å²) in [4.78, 5) is 0. The molecule has 0 amide bonds. The first-order valence-electron chi connectivity index (χ1n) is 6.67. The minimum atomic E-state index is -1.64. The van der Waals surface area contributed by atoms with E-state index in [-0.39, 0.29) is 17.8 Å². The standard InChI is InChI=1S/C12H18OSi5/c1-3-7-11(8-4-1)18(13-14-15-16-17-18)12-9-5-2-6-10-12/h1-10H,14-17H2. The first-order valence-corrected chi connectivity index (χ1v) is 23.5. The predicted molar refractivity (Wildman–Crippen MR) is 93.2 cm³/mol. The van der Waals surface area contributed by atoms with Crippen LogP contribution in [0.1, 0.15) is 0 Å². The van der Waals surface area contributed by atoms with Crippen LogP contribution < -0.4 is 10.4 Å². The lowest BCUT2D eigenvalue weighted by Gasteiger charge is -2.36. The predicted octanol–water partition coefficient (Wildman–Crippen LogP) is -2.39. The lowest BCUT2D eigenvalue weighted by molar-refractivity contribution is 0.643. The maximum Gasteiger partial charge on any atom is 0.217 e. The third-order valence-electron chi connectivity index (χ3n) is 3.75. The van der Waals surface area contributed by atoms with E-state index in [4.69, 9.17) is 4.12 Å². The largest absolute Gasteiger partial charge is 0.460 e. The van der Waals surface area contributed by atoms with Gasteiger partial charge in [0.2, 0.25) is 7.83 Å². The molecule has 92 valence electrons. The van der Waals surface area contributed by atoms with E-state index >= 15 is 0 Å². The van der Waals surface area contributed by atoms with Crippen LogP contribution in [0.2, 0.25) is 0 Å². The van der Waals surface area contributed by atoms with Gasteiger partial charge in [-0.15, -0.1) is 0 Å². The first kappa shape index (κ1) is 12.5. The number of hydrogen-bond acceptors (Lipinski definition) is 1. The molecular formula is C12H18OSi5. The smallest absolute Gasteiger partial charge is 0.217 e. The summed E-state index contributed by atoms with van der Waals surface area (Å²) in [6, 6.07) is 22.4. The Morgan fingerprint density at radius 3 is 1.72 bits per heavy atom. The molecule has 1 aliphatic heterocycles. The fourth-order valence-corrected chi connectivity index (χ4v) is 93.2. The van der Waals surface area contributed by atoms with Gasteiger partial charge in [0.05, 0.1) is 0 Å². The SMILES string of the molecule is c1ccc([Si]2(c3ccccc3)O[SiH2][SiH2][SiH2][SiH2]2)cc1. The van der Waals surface area contributed by atoms with Crippen LogP contribution in [-0.2, 0) is 4.12 Å². The van der Waals surface area contributed by atoms with E-state index in [0.717, 1.165) is 0 Å². The van der Waals surface area contributed by atoms with Crippen molar-refractivity contribution in [2.24, 2.45) is 0 Å². The third kappa shape index (κ3) is 2.31. The van der Waals surface area contributed by atoms with Crippen LogP contribution in [0.5, 0.6) is 0 Å². The Balaban J connectivity index is 2.10. The fourth-order valence-electron chi connectivity index (χ4n) is 2.83. The van der Waals surface area contributed by atoms with E-state index < -0.39 is 7.83 Å². The molecule has 18 heavy (non-hydrogen) atoms. The van der Waals surface area contributed by atoms with Crippen LogP contribution in [0.3, 0.4) is 0 Å². The van der Waals surface area contributed by atoms with Gasteiger partial charge in [-0.1, -0.05) is 60.7 Å². The zero-order chi connectivity index (χ0) is 12.3. The highest BCUT2D eigenvalue weighted by molar-refractivity contribution is 7.65. The van der Waals surface area contributed by atoms with Crippen molar-refractivity contribution in [2.75, 3.05) is 0 Å². The van der Waals surface area contributed by atoms with Crippen molar-refractivity contribution in [2.45, 2.75) is 0 Å². The van der Waals surface area contributed by atoms with Crippen LogP contribution in [0, 0.1) is 0 Å². The van der Waals surface area contributed by atoms with Crippen molar-refractivity contribution in [1.82, 2.24) is 0 Å². The quantitative estimate of drug-likeness (QED) is 0.562. The van der Waals surface area contributed by atoms with Crippen LogP contribution in [-0.4, -0.2) is 42.8 Å². The van der Waals surface area contributed by atoms with Gasteiger partial charge in [0.1, 0.15) is 9.28 Å². The average Bonchev–Trinajstić information content (AvgIpc) is 2.50. The summed E-state index contributed by atoms with van der Waals surface area (Å²) in [5.41, 5.74) is 0. The molecule has 0 aromatic heterocycles. The molecule has 1 nitrogen and oxygen atoms in total. The van der Waals surface area contributed by atoms with Gasteiger partial charge >= 0.3 is 0 Å². The molecule has 1 heterocycles. The summed E-state index contributed by atoms with van der Waals surface area (Å²) in [5, 5.41) is 3.13. The number of hydrogen-bond donors (Lipinski definition) is 0. The van der Waals surface area contributed by atoms with E-state index in [1.165, 1.54) is 0 Å². The van der Waals surface area contributed by atoms with E-state index in [2.05, 4.69) is 60.7 Å². The van der Waals surface area contributed by atoms with Crippen molar-refractivity contribution in [1.29, 1.82) is 0 Å². The zero-order valence-corrected chi connectivity index (χ0v) is 17.2. The Labute approximate surface area is 118 Å². The molecule has 0 saturated carbocycles. The second-order valence-electron chi connectivity index (χ2n) is 4.86. The molecule has 1 aliphatic rings. The molecule has 3 rings (SSSR count). The number of rotatable bonds is 2. The molecule has 0 spiro atoms. The highest BCUT2D eigenvalue weighted by Gasteiger charge is 2.40. The third-order valence-corrected chi connectivity index (χ3v) is 62.2. The van der Waals surface area contributed by atoms with Gasteiger partial charge in [0.25, 0.3) is 0 Å². The molecule has 0 N–H and O–H groups in total. The Morgan fingerprint density at radius 2 is 1.28 bits per heavy atom. The van der Waals surface area contributed by atoms with Crippen molar-refractivity contribution in [3.8, 4) is 0 Å². The van der Waals surface area contributed by atoms with Crippen LogP contribution in [0.15, 0.2) is 60.7 Å². The van der Waals surface area contributed by atoms with Crippen LogP contribution in [0.4, 0.5) is 0 Å². The summed E-state index contributed by atoms with van der Waals surface area (Å²) in [7, 11) is -0.878. The fraction of sp³-hybridized carbons (Fsp3) is 0. The monoisotopic (exact) mass is 318 g/mol. The highest BCUT2D eigenvalue weighted by Crippen LogP contribution is 2.07. The van der Waals surface area contributed by atoms with Gasteiger partial charge in [-0.3, -0.25) is 0 Å². The van der Waals surface area contributed by atoms with Gasteiger partial charge in [-0.05, 0) is 18.9 Å². The van der Waals surface area contributed by atoms with E-state index in [0.29, 0.717) is 17.1 Å². The Kier molecular flexibility index (Phi) is 3.92. The average molecular weight is 319 g/mol. The van der Waals surface area contributed by atoms with Gasteiger partial charge in [-0.25, -0.2) is 0 Å². The van der Waals surface area contributed by atoms with Gasteiger partial charge in [0.15, 0.2) is 0 Å². The summed E-state index contributed by atoms with van der Waals surface area (Å²) < 4.78 is 6.67. The maximum atomic E-state index is 6.67. The molecule has 0 unspecified atom stereocenters. The molecule has 0 radical (unpaired) electrons. The van der Waals surface area contributed by atoms with Crippen molar-refractivity contribution in [3.63, 3.8) is 0 Å². The molecule has 2 aromatic rings. The molecule has 1 fully saturated rings. The van der Waals surface area contributed by atoms with Crippen LogP contribution >= 0.6 is 0 Å². The van der Waals surface area contributed by atoms with Crippen molar-refractivity contribution >= 4 is 53.2 Å². The van der Waals surface area contributed by atoms with E-state index in [1.807, 2.05) is 0 Å². The highest BCUT2D eigenvalue weighted by atomic mass is 29.9. The molecular weight excluding hydrogens is 301 g/mol. The molecule has 0 aliphatic carbocycles.